The van der Waals surface area contributed by atoms with Crippen LogP contribution in [0.1, 0.15) is 22.4 Å². The molecule has 0 aromatic carbocycles. The average Bonchev–Trinajstić information content (AvgIpc) is 3.30. The van der Waals surface area contributed by atoms with Crippen LogP contribution in [0.15, 0.2) is 39.1 Å². The molecule has 1 fully saturated rings. The van der Waals surface area contributed by atoms with Crippen LogP contribution >= 0.6 is 35.3 Å². The van der Waals surface area contributed by atoms with Crippen molar-refractivity contribution in [2.45, 2.75) is 19.5 Å². The van der Waals surface area contributed by atoms with Crippen LogP contribution in [0.4, 0.5) is 0 Å². The fourth-order valence-electron chi connectivity index (χ4n) is 2.93. The Kier molecular flexibility index (Phi) is 8.89. The second-order valence-corrected chi connectivity index (χ2v) is 7.03. The first-order valence-corrected chi connectivity index (χ1v) is 9.49. The minimum absolute atomic E-state index is 0. The van der Waals surface area contributed by atoms with Gasteiger partial charge in [0.05, 0.1) is 25.8 Å². The van der Waals surface area contributed by atoms with E-state index < -0.39 is 0 Å². The number of halogens is 1. The topological polar surface area (TPSA) is 62.0 Å². The van der Waals surface area contributed by atoms with Gasteiger partial charge in [0.15, 0.2) is 5.96 Å². The average molecular weight is 490 g/mol. The zero-order valence-corrected chi connectivity index (χ0v) is 18.4. The van der Waals surface area contributed by atoms with Crippen molar-refractivity contribution in [2.24, 2.45) is 4.99 Å². The van der Waals surface area contributed by atoms with Gasteiger partial charge < -0.3 is 19.8 Å². The highest BCUT2D eigenvalue weighted by atomic mass is 127. The standard InChI is InChI=1S/C18H26N4O2S.HI/c1-14-5-6-17(24-14)16(22-7-9-23-10-8-22)13-21-18(19-2)20-12-15-4-3-11-25-15;/h3-6,11,16H,7-10,12-13H2,1-2H3,(H2,19,20,21);1H. The highest BCUT2D eigenvalue weighted by Crippen LogP contribution is 2.23. The first kappa shape index (κ1) is 21.2. The normalized spacial score (nSPS) is 16.8. The van der Waals surface area contributed by atoms with E-state index in [-0.39, 0.29) is 30.0 Å². The van der Waals surface area contributed by atoms with Crippen LogP contribution in [0.25, 0.3) is 0 Å². The first-order chi connectivity index (χ1) is 12.3. The van der Waals surface area contributed by atoms with Gasteiger partial charge in [-0.25, -0.2) is 0 Å². The van der Waals surface area contributed by atoms with Crippen LogP contribution in [0, 0.1) is 6.92 Å². The smallest absolute Gasteiger partial charge is 0.191 e. The third-order valence-corrected chi connectivity index (χ3v) is 5.15. The fourth-order valence-corrected chi connectivity index (χ4v) is 3.57. The van der Waals surface area contributed by atoms with Crippen molar-refractivity contribution >= 4 is 41.3 Å². The summed E-state index contributed by atoms with van der Waals surface area (Å²) in [5, 5.41) is 8.88. The Balaban J connectivity index is 0.00000243. The van der Waals surface area contributed by atoms with Gasteiger partial charge in [0.2, 0.25) is 0 Å². The lowest BCUT2D eigenvalue weighted by molar-refractivity contribution is 0.0124. The molecule has 0 amide bonds. The molecule has 8 heteroatoms. The summed E-state index contributed by atoms with van der Waals surface area (Å²) in [5.74, 6) is 2.73. The van der Waals surface area contributed by atoms with Crippen molar-refractivity contribution in [1.82, 2.24) is 15.5 Å². The second kappa shape index (κ2) is 10.9. The van der Waals surface area contributed by atoms with E-state index in [1.807, 2.05) is 13.0 Å². The van der Waals surface area contributed by atoms with Crippen molar-refractivity contribution in [3.63, 3.8) is 0 Å². The summed E-state index contributed by atoms with van der Waals surface area (Å²) >= 11 is 1.74. The van der Waals surface area contributed by atoms with Gasteiger partial charge in [0.1, 0.15) is 11.5 Å². The lowest BCUT2D eigenvalue weighted by atomic mass is 10.1. The molecule has 2 aromatic rings. The molecule has 0 spiro atoms. The number of nitrogens with one attached hydrogen (secondary N) is 2. The molecule has 144 valence electrons. The maximum atomic E-state index is 5.90. The molecule has 6 nitrogen and oxygen atoms in total. The van der Waals surface area contributed by atoms with E-state index in [9.17, 15) is 0 Å². The molecular formula is C18H27IN4O2S. The Labute approximate surface area is 176 Å². The largest absolute Gasteiger partial charge is 0.465 e. The van der Waals surface area contributed by atoms with Gasteiger partial charge in [-0.3, -0.25) is 9.89 Å². The summed E-state index contributed by atoms with van der Waals surface area (Å²) in [6.07, 6.45) is 0. The molecule has 1 saturated heterocycles. The van der Waals surface area contributed by atoms with E-state index in [2.05, 4.69) is 44.1 Å². The van der Waals surface area contributed by atoms with Crippen LogP contribution in [0.5, 0.6) is 0 Å². The maximum Gasteiger partial charge on any atom is 0.191 e. The molecule has 3 rings (SSSR count). The lowest BCUT2D eigenvalue weighted by Crippen LogP contribution is -2.46. The molecule has 0 saturated carbocycles. The number of thiophene rings is 1. The number of furan rings is 1. The number of guanidine groups is 1. The van der Waals surface area contributed by atoms with E-state index >= 15 is 0 Å². The highest BCUT2D eigenvalue weighted by Gasteiger charge is 2.25. The SMILES string of the molecule is CN=C(NCc1cccs1)NCC(c1ccc(C)o1)N1CCOCC1.I. The van der Waals surface area contributed by atoms with Crippen molar-refractivity contribution in [3.8, 4) is 0 Å². The molecule has 2 N–H and O–H groups in total. The lowest BCUT2D eigenvalue weighted by Gasteiger charge is -2.33. The van der Waals surface area contributed by atoms with Gasteiger partial charge >= 0.3 is 0 Å². The highest BCUT2D eigenvalue weighted by molar-refractivity contribution is 14.0. The number of morpholine rings is 1. The summed E-state index contributed by atoms with van der Waals surface area (Å²) in [7, 11) is 1.80. The Morgan fingerprint density at radius 1 is 1.27 bits per heavy atom. The van der Waals surface area contributed by atoms with Crippen LogP contribution in [-0.2, 0) is 11.3 Å². The molecule has 1 aliphatic rings. The minimum Gasteiger partial charge on any atom is -0.465 e. The number of aliphatic imine (C=N–C) groups is 1. The second-order valence-electron chi connectivity index (χ2n) is 6.00. The molecule has 26 heavy (non-hydrogen) atoms. The Bertz CT molecular complexity index is 669. The van der Waals surface area contributed by atoms with E-state index in [0.717, 1.165) is 56.9 Å². The molecule has 0 aliphatic carbocycles. The van der Waals surface area contributed by atoms with Crippen molar-refractivity contribution < 1.29 is 9.15 Å². The first-order valence-electron chi connectivity index (χ1n) is 8.61. The summed E-state index contributed by atoms with van der Waals surface area (Å²) < 4.78 is 11.4. The van der Waals surface area contributed by atoms with E-state index in [1.165, 1.54) is 4.88 Å². The van der Waals surface area contributed by atoms with Crippen molar-refractivity contribution in [2.75, 3.05) is 39.9 Å². The van der Waals surface area contributed by atoms with Gasteiger partial charge in [-0.1, -0.05) is 6.07 Å². The number of hydrogen-bond donors (Lipinski definition) is 2. The van der Waals surface area contributed by atoms with Gasteiger partial charge in [0.25, 0.3) is 0 Å². The van der Waals surface area contributed by atoms with Crippen molar-refractivity contribution in [1.29, 1.82) is 0 Å². The maximum absolute atomic E-state index is 5.90. The molecular weight excluding hydrogens is 463 g/mol. The van der Waals surface area contributed by atoms with E-state index in [1.54, 1.807) is 18.4 Å². The number of nitrogens with zero attached hydrogens (tertiary/aromatic N) is 2. The van der Waals surface area contributed by atoms with Crippen LogP contribution in [0.2, 0.25) is 0 Å². The number of ether oxygens (including phenoxy) is 1. The third-order valence-electron chi connectivity index (χ3n) is 4.27. The van der Waals surface area contributed by atoms with Crippen LogP contribution < -0.4 is 10.6 Å². The molecule has 1 aliphatic heterocycles. The molecule has 2 aromatic heterocycles. The number of hydrogen-bond acceptors (Lipinski definition) is 5. The van der Waals surface area contributed by atoms with Gasteiger partial charge in [0, 0.05) is 31.6 Å². The summed E-state index contributed by atoms with van der Waals surface area (Å²) in [4.78, 5) is 8.02. The fraction of sp³-hybridized carbons (Fsp3) is 0.500. The zero-order valence-electron chi connectivity index (χ0n) is 15.2. The quantitative estimate of drug-likeness (QED) is 0.371. The molecule has 3 heterocycles. The predicted molar refractivity (Wildman–Crippen MR) is 117 cm³/mol. The predicted octanol–water partition coefficient (Wildman–Crippen LogP) is 3.01. The summed E-state index contributed by atoms with van der Waals surface area (Å²) in [6.45, 7) is 6.84. The Morgan fingerprint density at radius 2 is 2.08 bits per heavy atom. The van der Waals surface area contributed by atoms with Crippen LogP contribution in [0.3, 0.4) is 0 Å². The number of rotatable bonds is 6. The molecule has 0 bridgehead atoms. The van der Waals surface area contributed by atoms with E-state index in [4.69, 9.17) is 9.15 Å². The van der Waals surface area contributed by atoms with Crippen LogP contribution in [-0.4, -0.2) is 50.8 Å². The molecule has 1 unspecified atom stereocenters. The number of aryl methyl sites for hydroxylation is 1. The minimum atomic E-state index is 0. The summed E-state index contributed by atoms with van der Waals surface area (Å²) in [5.41, 5.74) is 0. The van der Waals surface area contributed by atoms with Gasteiger partial charge in [-0.05, 0) is 30.5 Å². The van der Waals surface area contributed by atoms with E-state index in [0.29, 0.717) is 0 Å². The van der Waals surface area contributed by atoms with Gasteiger partial charge in [-0.2, -0.15) is 0 Å². The summed E-state index contributed by atoms with van der Waals surface area (Å²) in [6, 6.07) is 8.43. The monoisotopic (exact) mass is 490 g/mol. The molecule has 1 atom stereocenters. The Morgan fingerprint density at radius 3 is 2.69 bits per heavy atom. The zero-order chi connectivity index (χ0) is 17.5. The van der Waals surface area contributed by atoms with Gasteiger partial charge in [-0.15, -0.1) is 35.3 Å². The van der Waals surface area contributed by atoms with Crippen molar-refractivity contribution in [3.05, 3.63) is 46.0 Å². The Hall–Kier alpha value is -1.10. The third kappa shape index (κ3) is 5.97. The molecule has 0 radical (unpaired) electrons.